The molecule has 0 atom stereocenters. The van der Waals surface area contributed by atoms with Crippen molar-refractivity contribution in [2.75, 3.05) is 0 Å². The van der Waals surface area contributed by atoms with E-state index in [9.17, 15) is 0 Å². The number of aryl methyl sites for hydroxylation is 1. The van der Waals surface area contributed by atoms with Gasteiger partial charge in [0.15, 0.2) is 0 Å². The summed E-state index contributed by atoms with van der Waals surface area (Å²) < 4.78 is 6.17. The number of fused-ring (bicyclic) bond motifs is 1. The topological polar surface area (TPSA) is 53.2 Å². The molecule has 3 heterocycles. The summed E-state index contributed by atoms with van der Waals surface area (Å²) in [5, 5.41) is 4.44. The van der Waals surface area contributed by atoms with Gasteiger partial charge in [0, 0.05) is 27.7 Å². The van der Waals surface area contributed by atoms with Crippen molar-refractivity contribution in [3.63, 3.8) is 0 Å². The lowest BCUT2D eigenvalue weighted by molar-refractivity contribution is 0.304. The van der Waals surface area contributed by atoms with Crippen LogP contribution in [0.2, 0.25) is 5.02 Å². The molecule has 5 heteroatoms. The maximum absolute atomic E-state index is 6.17. The Balaban J connectivity index is 1.60. The zero-order valence-electron chi connectivity index (χ0n) is 16.4. The molecule has 0 radical (unpaired) electrons. The first-order chi connectivity index (χ1) is 14.6. The summed E-state index contributed by atoms with van der Waals surface area (Å²) in [5.74, 6) is 0.784. The van der Waals surface area contributed by atoms with Crippen molar-refractivity contribution < 1.29 is 4.74 Å². The first-order valence-electron chi connectivity index (χ1n) is 9.77. The van der Waals surface area contributed by atoms with E-state index in [-0.39, 0.29) is 0 Å². The molecule has 1 aliphatic rings. The van der Waals surface area contributed by atoms with Gasteiger partial charge in [-0.3, -0.25) is 0 Å². The summed E-state index contributed by atoms with van der Waals surface area (Å²) in [5.41, 5.74) is 4.10. The minimum Gasteiger partial charge on any atom is -0.487 e. The minimum atomic E-state index is 0.495. The van der Waals surface area contributed by atoms with Gasteiger partial charge < -0.3 is 14.7 Å². The van der Waals surface area contributed by atoms with Crippen LogP contribution in [0.25, 0.3) is 17.8 Å². The summed E-state index contributed by atoms with van der Waals surface area (Å²) in [4.78, 5) is 11.6. The molecule has 4 aromatic rings. The van der Waals surface area contributed by atoms with Crippen LogP contribution < -0.4 is 26.0 Å². The second-order valence-electron chi connectivity index (χ2n) is 7.32. The molecular weight excluding hydrogens is 394 g/mol. The van der Waals surface area contributed by atoms with E-state index in [0.29, 0.717) is 11.6 Å². The first kappa shape index (κ1) is 18.5. The lowest BCUT2D eigenvalue weighted by atomic mass is 10.2. The summed E-state index contributed by atoms with van der Waals surface area (Å²) >= 11 is 6.13. The Labute approximate surface area is 178 Å². The van der Waals surface area contributed by atoms with Gasteiger partial charge in [0.05, 0.1) is 21.8 Å². The molecule has 0 spiro atoms. The van der Waals surface area contributed by atoms with Gasteiger partial charge in [-0.05, 0) is 55.0 Å². The van der Waals surface area contributed by atoms with Crippen LogP contribution in [-0.4, -0.2) is 9.97 Å². The van der Waals surface area contributed by atoms with Crippen molar-refractivity contribution in [2.45, 2.75) is 13.5 Å². The smallest absolute Gasteiger partial charge is 0.145 e. The van der Waals surface area contributed by atoms with Crippen LogP contribution in [0.1, 0.15) is 17.0 Å². The van der Waals surface area contributed by atoms with Crippen LogP contribution in [0.15, 0.2) is 71.7 Å². The SMILES string of the molecule is Cc1ccc(C=c2[nH]c(=C3C=c4cc(Cl)ccc4=N3)cc2OCc2ccccc2)[nH]1. The molecule has 0 aliphatic carbocycles. The zero-order valence-corrected chi connectivity index (χ0v) is 17.2. The van der Waals surface area contributed by atoms with Gasteiger partial charge in [-0.1, -0.05) is 41.9 Å². The molecule has 0 amide bonds. The van der Waals surface area contributed by atoms with Gasteiger partial charge in [-0.25, -0.2) is 4.99 Å². The fourth-order valence-corrected chi connectivity index (χ4v) is 3.69. The average Bonchev–Trinajstić information content (AvgIpc) is 3.45. The van der Waals surface area contributed by atoms with E-state index in [1.54, 1.807) is 0 Å². The Morgan fingerprint density at radius 3 is 2.67 bits per heavy atom. The normalized spacial score (nSPS) is 14.9. The Morgan fingerprint density at radius 1 is 1.00 bits per heavy atom. The van der Waals surface area contributed by atoms with Gasteiger partial charge in [-0.2, -0.15) is 0 Å². The molecule has 0 bridgehead atoms. The number of benzene rings is 2. The highest BCUT2D eigenvalue weighted by molar-refractivity contribution is 6.30. The molecule has 0 fully saturated rings. The Kier molecular flexibility index (Phi) is 4.77. The van der Waals surface area contributed by atoms with Crippen LogP contribution in [-0.2, 0) is 6.61 Å². The number of rotatable bonds is 4. The van der Waals surface area contributed by atoms with Crippen LogP contribution in [0.3, 0.4) is 0 Å². The van der Waals surface area contributed by atoms with Gasteiger partial charge in [-0.15, -0.1) is 0 Å². The standard InChI is InChI=1S/C25H20ClN3O/c1-16-7-9-20(27-16)13-24-25(30-15-17-5-3-2-4-6-17)14-23(29-24)22-12-18-11-19(26)8-10-21(18)28-22/h2-14,27,29H,15H2,1H3. The van der Waals surface area contributed by atoms with E-state index in [2.05, 4.69) is 34.2 Å². The summed E-state index contributed by atoms with van der Waals surface area (Å²) in [7, 11) is 0. The number of hydrogen-bond acceptors (Lipinski definition) is 2. The lowest BCUT2D eigenvalue weighted by Crippen LogP contribution is -2.20. The predicted molar refractivity (Wildman–Crippen MR) is 120 cm³/mol. The van der Waals surface area contributed by atoms with E-state index >= 15 is 0 Å². The number of nitrogens with zero attached hydrogens (tertiary/aromatic N) is 1. The number of halogens is 1. The maximum atomic E-state index is 6.17. The Bertz CT molecular complexity index is 1460. The molecule has 0 saturated carbocycles. The molecule has 30 heavy (non-hydrogen) atoms. The summed E-state index contributed by atoms with van der Waals surface area (Å²) in [6.07, 6.45) is 4.09. The summed E-state index contributed by atoms with van der Waals surface area (Å²) in [6.45, 7) is 2.53. The summed E-state index contributed by atoms with van der Waals surface area (Å²) in [6, 6.07) is 22.0. The van der Waals surface area contributed by atoms with E-state index < -0.39 is 0 Å². The molecule has 2 aromatic heterocycles. The largest absolute Gasteiger partial charge is 0.487 e. The van der Waals surface area contributed by atoms with E-state index in [4.69, 9.17) is 21.3 Å². The van der Waals surface area contributed by atoms with Crippen molar-refractivity contribution in [1.29, 1.82) is 0 Å². The van der Waals surface area contributed by atoms with Crippen molar-refractivity contribution in [2.24, 2.45) is 4.99 Å². The zero-order chi connectivity index (χ0) is 20.5. The number of aromatic amines is 2. The third-order valence-corrected chi connectivity index (χ3v) is 5.24. The Hall–Kier alpha value is -3.50. The van der Waals surface area contributed by atoms with Crippen LogP contribution >= 0.6 is 11.6 Å². The molecule has 0 unspecified atom stereocenters. The minimum absolute atomic E-state index is 0.495. The first-order valence-corrected chi connectivity index (χ1v) is 10.2. The highest BCUT2D eigenvalue weighted by atomic mass is 35.5. The van der Waals surface area contributed by atoms with Crippen LogP contribution in [0, 0.1) is 6.92 Å². The second kappa shape index (κ2) is 7.73. The highest BCUT2D eigenvalue weighted by Gasteiger charge is 2.07. The van der Waals surface area contributed by atoms with Crippen LogP contribution in [0.5, 0.6) is 5.75 Å². The van der Waals surface area contributed by atoms with Crippen molar-refractivity contribution in [3.8, 4) is 5.75 Å². The van der Waals surface area contributed by atoms with E-state index in [1.165, 1.54) is 0 Å². The number of H-pyrrole nitrogens is 2. The molecular formula is C25H20ClN3O. The number of nitrogens with one attached hydrogen (secondary N) is 2. The number of ether oxygens (including phenoxy) is 1. The number of hydrogen-bond donors (Lipinski definition) is 2. The van der Waals surface area contributed by atoms with Crippen molar-refractivity contribution in [1.82, 2.24) is 9.97 Å². The molecule has 5 rings (SSSR count). The van der Waals surface area contributed by atoms with Gasteiger partial charge in [0.2, 0.25) is 0 Å². The van der Waals surface area contributed by atoms with Crippen LogP contribution in [0.4, 0.5) is 0 Å². The van der Waals surface area contributed by atoms with E-state index in [1.807, 2.05) is 61.5 Å². The average molecular weight is 414 g/mol. The lowest BCUT2D eigenvalue weighted by Gasteiger charge is -2.03. The third kappa shape index (κ3) is 3.82. The quantitative estimate of drug-likeness (QED) is 0.531. The molecule has 2 aromatic carbocycles. The third-order valence-electron chi connectivity index (χ3n) is 5.00. The Morgan fingerprint density at radius 2 is 1.87 bits per heavy atom. The van der Waals surface area contributed by atoms with Crippen molar-refractivity contribution >= 4 is 29.5 Å². The fourth-order valence-electron chi connectivity index (χ4n) is 3.51. The van der Waals surface area contributed by atoms with E-state index in [0.717, 1.165) is 49.7 Å². The number of aromatic nitrogens is 2. The monoisotopic (exact) mass is 413 g/mol. The fraction of sp³-hybridized carbons (Fsp3) is 0.0800. The highest BCUT2D eigenvalue weighted by Crippen LogP contribution is 2.10. The molecule has 1 aliphatic heterocycles. The van der Waals surface area contributed by atoms with Gasteiger partial charge >= 0.3 is 0 Å². The van der Waals surface area contributed by atoms with Gasteiger partial charge in [0.25, 0.3) is 0 Å². The second-order valence-corrected chi connectivity index (χ2v) is 7.76. The van der Waals surface area contributed by atoms with Crippen molar-refractivity contribution in [3.05, 3.63) is 110 Å². The maximum Gasteiger partial charge on any atom is 0.145 e. The molecule has 148 valence electrons. The molecule has 2 N–H and O–H groups in total. The van der Waals surface area contributed by atoms with Gasteiger partial charge in [0.1, 0.15) is 12.4 Å². The molecule has 4 nitrogen and oxygen atoms in total. The molecule has 0 saturated heterocycles. The predicted octanol–water partition coefficient (Wildman–Crippen LogP) is 2.93.